The summed E-state index contributed by atoms with van der Waals surface area (Å²) in [4.78, 5) is 24.2. The summed E-state index contributed by atoms with van der Waals surface area (Å²) >= 11 is 3.36. The number of Topliss-reactive ketones (excluding diaryl/α,β-unsaturated/α-hetero) is 1. The maximum atomic E-state index is 12.4. The fourth-order valence-electron chi connectivity index (χ4n) is 2.95. The molecule has 5 heteroatoms. The molecule has 1 aliphatic carbocycles. The molecule has 0 unspecified atom stereocenters. The maximum absolute atomic E-state index is 12.4. The van der Waals surface area contributed by atoms with Gasteiger partial charge < -0.3 is 9.30 Å². The number of esters is 1. The van der Waals surface area contributed by atoms with Crippen LogP contribution in [0, 0.1) is 13.8 Å². The zero-order chi connectivity index (χ0) is 18.0. The van der Waals surface area contributed by atoms with Crippen molar-refractivity contribution >= 4 is 33.8 Å². The van der Waals surface area contributed by atoms with E-state index in [4.69, 9.17) is 4.74 Å². The first-order valence-corrected chi connectivity index (χ1v) is 9.07. The van der Waals surface area contributed by atoms with Crippen LogP contribution in [0.25, 0.3) is 6.08 Å². The van der Waals surface area contributed by atoms with E-state index >= 15 is 0 Å². The number of benzene rings is 1. The van der Waals surface area contributed by atoms with E-state index in [9.17, 15) is 9.59 Å². The number of ketones is 1. The van der Waals surface area contributed by atoms with E-state index in [0.29, 0.717) is 11.6 Å². The molecule has 0 saturated heterocycles. The molecule has 0 spiro atoms. The van der Waals surface area contributed by atoms with Gasteiger partial charge in [0.25, 0.3) is 0 Å². The predicted octanol–water partition coefficient (Wildman–Crippen LogP) is 4.64. The summed E-state index contributed by atoms with van der Waals surface area (Å²) in [5.41, 5.74) is 3.59. The number of hydrogen-bond donors (Lipinski definition) is 0. The van der Waals surface area contributed by atoms with E-state index in [1.54, 1.807) is 6.08 Å². The second kappa shape index (κ2) is 7.40. The Morgan fingerprint density at radius 3 is 2.56 bits per heavy atom. The van der Waals surface area contributed by atoms with Gasteiger partial charge in [-0.15, -0.1) is 0 Å². The maximum Gasteiger partial charge on any atom is 0.331 e. The van der Waals surface area contributed by atoms with Crippen LogP contribution in [0.5, 0.6) is 0 Å². The lowest BCUT2D eigenvalue weighted by molar-refractivity contribution is -0.136. The first-order chi connectivity index (χ1) is 12.0. The molecule has 0 N–H and O–H groups in total. The van der Waals surface area contributed by atoms with Crippen molar-refractivity contribution < 1.29 is 14.3 Å². The molecule has 0 atom stereocenters. The number of carbonyl (C=O) groups is 2. The van der Waals surface area contributed by atoms with Crippen LogP contribution >= 0.6 is 15.9 Å². The van der Waals surface area contributed by atoms with Crippen molar-refractivity contribution in [3.63, 3.8) is 0 Å². The molecule has 130 valence electrons. The topological polar surface area (TPSA) is 48.3 Å². The smallest absolute Gasteiger partial charge is 0.331 e. The predicted molar refractivity (Wildman–Crippen MR) is 101 cm³/mol. The van der Waals surface area contributed by atoms with E-state index in [1.165, 1.54) is 18.9 Å². The number of ether oxygens (including phenoxy) is 1. The van der Waals surface area contributed by atoms with Crippen LogP contribution in [0.2, 0.25) is 0 Å². The highest BCUT2D eigenvalue weighted by Gasteiger charge is 2.28. The first kappa shape index (κ1) is 17.7. The zero-order valence-electron chi connectivity index (χ0n) is 14.3. The average Bonchev–Trinajstić information content (AvgIpc) is 3.37. The summed E-state index contributed by atoms with van der Waals surface area (Å²) in [5.74, 6) is -0.683. The van der Waals surface area contributed by atoms with Crippen LogP contribution in [0.3, 0.4) is 0 Å². The quantitative estimate of drug-likeness (QED) is 0.402. The molecule has 1 aromatic carbocycles. The van der Waals surface area contributed by atoms with Crippen molar-refractivity contribution in [2.45, 2.75) is 32.7 Å². The van der Waals surface area contributed by atoms with Crippen molar-refractivity contribution in [3.05, 3.63) is 63.4 Å². The molecule has 1 aromatic heterocycles. The van der Waals surface area contributed by atoms with Crippen molar-refractivity contribution in [3.8, 4) is 0 Å². The lowest BCUT2D eigenvalue weighted by Crippen LogP contribution is -2.13. The van der Waals surface area contributed by atoms with E-state index in [-0.39, 0.29) is 12.4 Å². The fraction of sp³-hybridized carbons (Fsp3) is 0.300. The summed E-state index contributed by atoms with van der Waals surface area (Å²) in [7, 11) is 0. The molecule has 1 saturated carbocycles. The monoisotopic (exact) mass is 401 g/mol. The minimum atomic E-state index is -0.521. The number of nitrogens with zero attached hydrogens (tertiary/aromatic N) is 1. The molecule has 2 aromatic rings. The molecule has 4 nitrogen and oxygen atoms in total. The molecule has 0 radical (unpaired) electrons. The van der Waals surface area contributed by atoms with Crippen molar-refractivity contribution in [1.29, 1.82) is 0 Å². The van der Waals surface area contributed by atoms with Gasteiger partial charge in [0.2, 0.25) is 5.78 Å². The third kappa shape index (κ3) is 4.28. The SMILES string of the molecule is Cc1cc(C(=O)COC(=O)/C=C/c2ccc(Br)cc2)c(C)n1C1CC1. The lowest BCUT2D eigenvalue weighted by atomic mass is 10.1. The number of halogens is 1. The average molecular weight is 402 g/mol. The molecular formula is C20H20BrNO3. The van der Waals surface area contributed by atoms with Crippen LogP contribution in [-0.4, -0.2) is 22.9 Å². The Hall–Kier alpha value is -2.14. The van der Waals surface area contributed by atoms with Gasteiger partial charge in [0, 0.05) is 33.5 Å². The largest absolute Gasteiger partial charge is 0.454 e. The highest BCUT2D eigenvalue weighted by molar-refractivity contribution is 9.10. The number of aromatic nitrogens is 1. The zero-order valence-corrected chi connectivity index (χ0v) is 15.9. The first-order valence-electron chi connectivity index (χ1n) is 8.27. The molecule has 1 heterocycles. The van der Waals surface area contributed by atoms with E-state index in [0.717, 1.165) is 21.4 Å². The summed E-state index contributed by atoms with van der Waals surface area (Å²) < 4.78 is 8.27. The third-order valence-corrected chi connectivity index (χ3v) is 4.85. The Balaban J connectivity index is 1.57. The Labute approximate surface area is 155 Å². The minimum absolute atomic E-state index is 0.162. The molecule has 25 heavy (non-hydrogen) atoms. The number of hydrogen-bond acceptors (Lipinski definition) is 3. The summed E-state index contributed by atoms with van der Waals surface area (Å²) in [5, 5.41) is 0. The second-order valence-corrected chi connectivity index (χ2v) is 7.22. The Morgan fingerprint density at radius 2 is 1.92 bits per heavy atom. The third-order valence-electron chi connectivity index (χ3n) is 4.32. The summed E-state index contributed by atoms with van der Waals surface area (Å²) in [6.45, 7) is 3.72. The fourth-order valence-corrected chi connectivity index (χ4v) is 3.22. The van der Waals surface area contributed by atoms with Gasteiger partial charge in [-0.05, 0) is 56.5 Å². The highest BCUT2D eigenvalue weighted by atomic mass is 79.9. The second-order valence-electron chi connectivity index (χ2n) is 6.30. The van der Waals surface area contributed by atoms with E-state index in [1.807, 2.05) is 44.2 Å². The summed E-state index contributed by atoms with van der Waals surface area (Å²) in [6, 6.07) is 9.96. The number of rotatable bonds is 6. The minimum Gasteiger partial charge on any atom is -0.454 e. The van der Waals surface area contributed by atoms with Crippen molar-refractivity contribution in [2.75, 3.05) is 6.61 Å². The van der Waals surface area contributed by atoms with Gasteiger partial charge in [0.05, 0.1) is 0 Å². The lowest BCUT2D eigenvalue weighted by Gasteiger charge is -2.07. The summed E-state index contributed by atoms with van der Waals surface area (Å²) in [6.07, 6.45) is 5.34. The van der Waals surface area contributed by atoms with Crippen molar-refractivity contribution in [2.24, 2.45) is 0 Å². The Bertz CT molecular complexity index is 829. The molecule has 1 fully saturated rings. The molecule has 1 aliphatic rings. The Kier molecular flexibility index (Phi) is 5.23. The Morgan fingerprint density at radius 1 is 1.24 bits per heavy atom. The molecule has 0 aliphatic heterocycles. The van der Waals surface area contributed by atoms with Gasteiger partial charge >= 0.3 is 5.97 Å². The van der Waals surface area contributed by atoms with Crippen LogP contribution in [-0.2, 0) is 9.53 Å². The van der Waals surface area contributed by atoms with Crippen LogP contribution in [0.15, 0.2) is 40.9 Å². The highest BCUT2D eigenvalue weighted by Crippen LogP contribution is 2.38. The van der Waals surface area contributed by atoms with Gasteiger partial charge in [-0.1, -0.05) is 28.1 Å². The van der Waals surface area contributed by atoms with Crippen LogP contribution < -0.4 is 0 Å². The normalized spacial score (nSPS) is 14.0. The molecule has 0 amide bonds. The van der Waals surface area contributed by atoms with E-state index in [2.05, 4.69) is 20.5 Å². The van der Waals surface area contributed by atoms with Crippen molar-refractivity contribution in [1.82, 2.24) is 4.57 Å². The van der Waals surface area contributed by atoms with Gasteiger partial charge in [0.1, 0.15) is 0 Å². The molecular weight excluding hydrogens is 382 g/mol. The standard InChI is InChI=1S/C20H20BrNO3/c1-13-11-18(14(2)22(13)17-8-9-17)19(23)12-25-20(24)10-5-15-3-6-16(21)7-4-15/h3-7,10-11,17H,8-9,12H2,1-2H3/b10-5+. The molecule has 0 bridgehead atoms. The molecule has 3 rings (SSSR count). The van der Waals surface area contributed by atoms with Gasteiger partial charge in [-0.3, -0.25) is 4.79 Å². The number of aryl methyl sites for hydroxylation is 1. The van der Waals surface area contributed by atoms with Gasteiger partial charge in [0.15, 0.2) is 6.61 Å². The van der Waals surface area contributed by atoms with Crippen LogP contribution in [0.1, 0.15) is 46.2 Å². The van der Waals surface area contributed by atoms with E-state index < -0.39 is 5.97 Å². The van der Waals surface area contributed by atoms with Crippen LogP contribution in [0.4, 0.5) is 0 Å². The number of carbonyl (C=O) groups excluding carboxylic acids is 2. The van der Waals surface area contributed by atoms with Gasteiger partial charge in [-0.2, -0.15) is 0 Å². The van der Waals surface area contributed by atoms with Gasteiger partial charge in [-0.25, -0.2) is 4.79 Å².